The Morgan fingerprint density at radius 1 is 0.667 bits per heavy atom. The second kappa shape index (κ2) is 10.9. The van der Waals surface area contributed by atoms with Gasteiger partial charge in [-0.25, -0.2) is 8.42 Å². The number of rotatable bonds is 8. The molecular weight excluding hydrogens is 474 g/mol. The maximum Gasteiger partial charge on any atom is 0.261 e. The van der Waals surface area contributed by atoms with Crippen LogP contribution in [0.4, 0.5) is 17.1 Å². The first-order chi connectivity index (χ1) is 17.3. The Bertz CT molecular complexity index is 1450. The number of aryl methyl sites for hydroxylation is 1. The number of hydrogen-bond acceptors (Lipinski definition) is 4. The van der Waals surface area contributed by atoms with Crippen LogP contribution < -0.4 is 15.4 Å². The summed E-state index contributed by atoms with van der Waals surface area (Å²) in [7, 11) is -3.76. The van der Waals surface area contributed by atoms with E-state index in [0.717, 1.165) is 11.1 Å². The molecule has 4 rings (SSSR count). The number of amides is 2. The van der Waals surface area contributed by atoms with Gasteiger partial charge in [-0.1, -0.05) is 48.0 Å². The molecule has 0 aliphatic rings. The lowest BCUT2D eigenvalue weighted by Gasteiger charge is -2.10. The molecule has 3 N–H and O–H groups in total. The minimum Gasteiger partial charge on any atom is -0.326 e. The zero-order valence-electron chi connectivity index (χ0n) is 19.6. The molecule has 0 saturated heterocycles. The molecule has 4 aromatic rings. The fourth-order valence-corrected chi connectivity index (χ4v) is 4.51. The number of anilines is 3. The summed E-state index contributed by atoms with van der Waals surface area (Å²) in [4.78, 5) is 24.9. The van der Waals surface area contributed by atoms with Gasteiger partial charge in [-0.3, -0.25) is 14.3 Å². The molecule has 36 heavy (non-hydrogen) atoms. The summed E-state index contributed by atoms with van der Waals surface area (Å²) in [6.07, 6.45) is 0.259. The Labute approximate surface area is 210 Å². The Balaban J connectivity index is 1.34. The van der Waals surface area contributed by atoms with E-state index in [2.05, 4.69) is 15.4 Å². The third-order valence-electron chi connectivity index (χ3n) is 5.36. The zero-order chi connectivity index (χ0) is 25.5. The van der Waals surface area contributed by atoms with Crippen molar-refractivity contribution in [1.29, 1.82) is 0 Å². The van der Waals surface area contributed by atoms with E-state index in [1.165, 1.54) is 24.3 Å². The van der Waals surface area contributed by atoms with Crippen molar-refractivity contribution in [3.8, 4) is 0 Å². The average molecular weight is 500 g/mol. The molecule has 0 radical (unpaired) electrons. The molecule has 182 valence electrons. The Morgan fingerprint density at radius 3 is 1.86 bits per heavy atom. The third-order valence-corrected chi connectivity index (χ3v) is 6.76. The minimum absolute atomic E-state index is 0.0803. The van der Waals surface area contributed by atoms with Crippen molar-refractivity contribution < 1.29 is 18.0 Å². The van der Waals surface area contributed by atoms with Crippen molar-refractivity contribution >= 4 is 38.9 Å². The lowest BCUT2D eigenvalue weighted by molar-refractivity contribution is -0.115. The highest BCUT2D eigenvalue weighted by Gasteiger charge is 2.15. The van der Waals surface area contributed by atoms with E-state index in [1.54, 1.807) is 36.4 Å². The zero-order valence-corrected chi connectivity index (χ0v) is 20.4. The average Bonchev–Trinajstić information content (AvgIpc) is 2.86. The first-order valence-corrected chi connectivity index (χ1v) is 12.7. The van der Waals surface area contributed by atoms with Crippen LogP contribution in [0.1, 0.15) is 21.5 Å². The molecule has 0 saturated carbocycles. The first-order valence-electron chi connectivity index (χ1n) is 11.2. The molecule has 2 amide bonds. The molecule has 0 spiro atoms. The van der Waals surface area contributed by atoms with Crippen LogP contribution in [0, 0.1) is 6.92 Å². The van der Waals surface area contributed by atoms with Gasteiger partial charge in [0, 0.05) is 22.6 Å². The van der Waals surface area contributed by atoms with Crippen molar-refractivity contribution in [3.63, 3.8) is 0 Å². The van der Waals surface area contributed by atoms with E-state index in [1.807, 2.05) is 49.4 Å². The third kappa shape index (κ3) is 6.58. The second-order valence-electron chi connectivity index (χ2n) is 8.24. The molecule has 4 aromatic carbocycles. The van der Waals surface area contributed by atoms with Gasteiger partial charge in [0.1, 0.15) is 0 Å². The van der Waals surface area contributed by atoms with Crippen molar-refractivity contribution in [2.75, 3.05) is 15.4 Å². The monoisotopic (exact) mass is 499 g/mol. The molecule has 7 nitrogen and oxygen atoms in total. The van der Waals surface area contributed by atoms with Gasteiger partial charge >= 0.3 is 0 Å². The van der Waals surface area contributed by atoms with Crippen LogP contribution in [0.2, 0.25) is 0 Å². The molecule has 0 aliphatic carbocycles. The van der Waals surface area contributed by atoms with E-state index in [-0.39, 0.29) is 23.1 Å². The number of carbonyl (C=O) groups is 2. The topological polar surface area (TPSA) is 104 Å². The maximum absolute atomic E-state index is 12.6. The number of nitrogens with one attached hydrogen (secondary N) is 3. The van der Waals surface area contributed by atoms with Crippen LogP contribution in [0.3, 0.4) is 0 Å². The predicted octanol–water partition coefficient (Wildman–Crippen LogP) is 5.23. The number of sulfonamides is 1. The summed E-state index contributed by atoms with van der Waals surface area (Å²) in [6, 6.07) is 28.9. The largest absolute Gasteiger partial charge is 0.326 e. The molecule has 0 atom stereocenters. The number of hydrogen-bond donors (Lipinski definition) is 3. The fraction of sp³-hybridized carbons (Fsp3) is 0.0714. The van der Waals surface area contributed by atoms with Gasteiger partial charge in [-0.05, 0) is 73.2 Å². The Hall–Kier alpha value is -4.43. The molecule has 8 heteroatoms. The Morgan fingerprint density at radius 2 is 1.22 bits per heavy atom. The summed E-state index contributed by atoms with van der Waals surface area (Å²) in [5, 5.41) is 5.56. The van der Waals surface area contributed by atoms with Gasteiger partial charge in [0.2, 0.25) is 5.91 Å². The highest BCUT2D eigenvalue weighted by Crippen LogP contribution is 2.19. The lowest BCUT2D eigenvalue weighted by Crippen LogP contribution is -2.15. The van der Waals surface area contributed by atoms with Gasteiger partial charge in [0.25, 0.3) is 15.9 Å². The van der Waals surface area contributed by atoms with Crippen molar-refractivity contribution in [3.05, 3.63) is 120 Å². The summed E-state index contributed by atoms with van der Waals surface area (Å²) < 4.78 is 27.8. The quantitative estimate of drug-likeness (QED) is 0.309. The van der Waals surface area contributed by atoms with Gasteiger partial charge in [-0.15, -0.1) is 0 Å². The van der Waals surface area contributed by atoms with Gasteiger partial charge < -0.3 is 10.6 Å². The smallest absolute Gasteiger partial charge is 0.261 e. The van der Waals surface area contributed by atoms with Crippen molar-refractivity contribution in [2.45, 2.75) is 18.2 Å². The van der Waals surface area contributed by atoms with Crippen LogP contribution in [0.5, 0.6) is 0 Å². The molecule has 0 aliphatic heterocycles. The highest BCUT2D eigenvalue weighted by molar-refractivity contribution is 7.92. The van der Waals surface area contributed by atoms with Crippen LogP contribution in [-0.2, 0) is 21.2 Å². The van der Waals surface area contributed by atoms with E-state index >= 15 is 0 Å². The standard InChI is InChI=1S/C28H25N3O4S/c1-20-7-11-25(12-8-20)31-36(34,35)26-17-15-24(16-18-26)30-28(33)22-9-13-23(14-10-22)29-27(32)19-21-5-3-2-4-6-21/h2-18,31H,19H2,1H3,(H,29,32)(H,30,33). The molecular formula is C28H25N3O4S. The summed E-state index contributed by atoms with van der Waals surface area (Å²) in [6.45, 7) is 1.92. The first kappa shape index (κ1) is 24.7. The van der Waals surface area contributed by atoms with E-state index in [4.69, 9.17) is 0 Å². The summed E-state index contributed by atoms with van der Waals surface area (Å²) in [5.74, 6) is -0.504. The molecule has 0 aromatic heterocycles. The molecule has 0 fully saturated rings. The fourth-order valence-electron chi connectivity index (χ4n) is 3.45. The maximum atomic E-state index is 12.6. The minimum atomic E-state index is -3.76. The van der Waals surface area contributed by atoms with Crippen molar-refractivity contribution in [2.24, 2.45) is 0 Å². The van der Waals surface area contributed by atoms with Gasteiger partial charge in [-0.2, -0.15) is 0 Å². The van der Waals surface area contributed by atoms with Crippen LogP contribution in [0.15, 0.2) is 108 Å². The van der Waals surface area contributed by atoms with Gasteiger partial charge in [0.15, 0.2) is 0 Å². The van der Waals surface area contributed by atoms with E-state index in [9.17, 15) is 18.0 Å². The van der Waals surface area contributed by atoms with Crippen LogP contribution in [0.25, 0.3) is 0 Å². The van der Waals surface area contributed by atoms with Crippen molar-refractivity contribution in [1.82, 2.24) is 0 Å². The number of carbonyl (C=O) groups excluding carboxylic acids is 2. The predicted molar refractivity (Wildman–Crippen MR) is 142 cm³/mol. The normalized spacial score (nSPS) is 10.9. The second-order valence-corrected chi connectivity index (χ2v) is 9.92. The lowest BCUT2D eigenvalue weighted by atomic mass is 10.1. The Kier molecular flexibility index (Phi) is 7.46. The molecule has 0 bridgehead atoms. The molecule has 0 unspecified atom stereocenters. The summed E-state index contributed by atoms with van der Waals surface area (Å²) in [5.41, 5.74) is 3.85. The van der Waals surface area contributed by atoms with E-state index < -0.39 is 10.0 Å². The summed E-state index contributed by atoms with van der Waals surface area (Å²) >= 11 is 0. The van der Waals surface area contributed by atoms with Crippen LogP contribution >= 0.6 is 0 Å². The van der Waals surface area contributed by atoms with E-state index in [0.29, 0.717) is 22.6 Å². The number of benzene rings is 4. The SMILES string of the molecule is Cc1ccc(NS(=O)(=O)c2ccc(NC(=O)c3ccc(NC(=O)Cc4ccccc4)cc3)cc2)cc1. The molecule has 0 heterocycles. The highest BCUT2D eigenvalue weighted by atomic mass is 32.2. The van der Waals surface area contributed by atoms with Crippen LogP contribution in [-0.4, -0.2) is 20.2 Å². The van der Waals surface area contributed by atoms with Gasteiger partial charge in [0.05, 0.1) is 11.3 Å².